The van der Waals surface area contributed by atoms with Crippen LogP contribution in [-0.4, -0.2) is 67.1 Å². The molecule has 0 spiro atoms. The van der Waals surface area contributed by atoms with Crippen molar-refractivity contribution in [2.24, 2.45) is 5.16 Å². The van der Waals surface area contributed by atoms with Crippen LogP contribution in [0.15, 0.2) is 35.5 Å². The highest BCUT2D eigenvalue weighted by molar-refractivity contribution is 8.14. The van der Waals surface area contributed by atoms with Crippen molar-refractivity contribution in [2.45, 2.75) is 42.7 Å². The molecule has 1 aromatic carbocycles. The van der Waals surface area contributed by atoms with E-state index in [1.807, 2.05) is 30.3 Å². The maximum absolute atomic E-state index is 10.1. The minimum absolute atomic E-state index is 0.00347. The Labute approximate surface area is 142 Å². The van der Waals surface area contributed by atoms with Gasteiger partial charge in [-0.2, -0.15) is 0 Å². The lowest BCUT2D eigenvalue weighted by molar-refractivity contribution is -0.205. The molecule has 1 aromatic rings. The van der Waals surface area contributed by atoms with Crippen LogP contribution in [0.2, 0.25) is 0 Å². The number of hydrogen-bond acceptors (Lipinski definition) is 8. The van der Waals surface area contributed by atoms with Gasteiger partial charge < -0.3 is 30.4 Å². The fourth-order valence-corrected chi connectivity index (χ4v) is 2.98. The maximum Gasteiger partial charge on any atom is 0.138 e. The largest absolute Gasteiger partial charge is 0.410 e. The molecule has 0 aliphatic carbocycles. The summed E-state index contributed by atoms with van der Waals surface area (Å²) in [6, 6.07) is 9.24. The summed E-state index contributed by atoms with van der Waals surface area (Å²) in [5.74, 6) is 0. The summed E-state index contributed by atoms with van der Waals surface area (Å²) in [6.45, 7) is -3.06. The molecule has 0 bridgehead atoms. The molecule has 0 aromatic heterocycles. The smallest absolute Gasteiger partial charge is 0.138 e. The molecule has 8 heteroatoms. The van der Waals surface area contributed by atoms with Crippen LogP contribution in [0.5, 0.6) is 0 Å². The van der Waals surface area contributed by atoms with Gasteiger partial charge in [0.2, 0.25) is 0 Å². The van der Waals surface area contributed by atoms with Gasteiger partial charge in [0.05, 0.1) is 10.7 Å². The second-order valence-electron chi connectivity index (χ2n) is 4.99. The lowest BCUT2D eigenvalue weighted by atomic mass is 10.0. The molecule has 0 saturated carbocycles. The zero-order chi connectivity index (χ0) is 19.5. The molecule has 1 aliphatic heterocycles. The van der Waals surface area contributed by atoms with Crippen LogP contribution < -0.4 is 0 Å². The fourth-order valence-electron chi connectivity index (χ4n) is 2.09. The van der Waals surface area contributed by atoms with Gasteiger partial charge in [0, 0.05) is 6.42 Å². The van der Waals surface area contributed by atoms with Crippen molar-refractivity contribution < 1.29 is 34.5 Å². The Morgan fingerprint density at radius 1 is 1.22 bits per heavy atom. The average Bonchev–Trinajstić information content (AvgIpc) is 2.60. The second kappa shape index (κ2) is 8.62. The summed E-state index contributed by atoms with van der Waals surface area (Å²) in [4.78, 5) is 0. The van der Waals surface area contributed by atoms with E-state index in [4.69, 9.17) is 8.85 Å². The van der Waals surface area contributed by atoms with E-state index in [1.54, 1.807) is 0 Å². The van der Waals surface area contributed by atoms with Gasteiger partial charge in [-0.15, -0.1) is 0 Å². The third-order valence-electron chi connectivity index (χ3n) is 3.40. The highest BCUT2D eigenvalue weighted by atomic mass is 32.2. The molecule has 5 atom stereocenters. The number of thioether (sulfide) groups is 1. The van der Waals surface area contributed by atoms with E-state index in [9.17, 15) is 25.6 Å². The first kappa shape index (κ1) is 14.2. The normalized spacial score (nSPS) is 37.7. The zero-order valence-electron chi connectivity index (χ0n) is 15.1. The number of oxime groups is 1. The van der Waals surface area contributed by atoms with Gasteiger partial charge >= 0.3 is 0 Å². The molecular formula is C15H21NO6S. The Bertz CT molecular complexity index is 632. The zero-order valence-corrected chi connectivity index (χ0v) is 12.9. The summed E-state index contributed by atoms with van der Waals surface area (Å²) < 4.78 is 27.9. The number of nitrogens with zero attached hydrogens (tertiary/aromatic N) is 1. The predicted octanol–water partition coefficient (Wildman–Crippen LogP) is -0.0600. The second-order valence-corrected chi connectivity index (χ2v) is 6.07. The lowest BCUT2D eigenvalue weighted by Crippen LogP contribution is -2.57. The molecule has 0 amide bonds. The summed E-state index contributed by atoms with van der Waals surface area (Å²) >= 11 is 0.467. The van der Waals surface area contributed by atoms with Gasteiger partial charge in [0.1, 0.15) is 34.9 Å². The fraction of sp³-hybridized carbons (Fsp3) is 0.533. The van der Waals surface area contributed by atoms with Crippen molar-refractivity contribution >= 4 is 16.8 Å². The highest BCUT2D eigenvalue weighted by Gasteiger charge is 2.44. The van der Waals surface area contributed by atoms with E-state index in [0.29, 0.717) is 18.2 Å². The molecule has 23 heavy (non-hydrogen) atoms. The number of ether oxygens (including phenoxy) is 1. The van der Waals surface area contributed by atoms with Crippen LogP contribution in [0.4, 0.5) is 0 Å². The molecule has 1 aliphatic rings. The average molecular weight is 346 g/mol. The molecule has 7 nitrogen and oxygen atoms in total. The van der Waals surface area contributed by atoms with E-state index in [1.165, 1.54) is 0 Å². The molecule has 5 N–H and O–H groups in total. The third kappa shape index (κ3) is 4.66. The van der Waals surface area contributed by atoms with Crippen LogP contribution in [0.3, 0.4) is 0 Å². The Kier molecular flexibility index (Phi) is 5.33. The number of aliphatic hydroxyl groups excluding tert-OH is 3. The first-order valence-electron chi connectivity index (χ1n) is 8.47. The quantitative estimate of drug-likeness (QED) is 0.219. The standard InChI is InChI=1S/C15H21NO6S/c17-8-10-12(18)13(19)14(20)15(22-10)23-11(16-21)7-6-9-4-2-1-3-5-9/h1-5,10,12-15,17-21H,6-8H2/b16-11-/t10-,12-,13+,14-,15+/m1/s1/i8D2,15D. The molecule has 0 unspecified atom stereocenters. The molecule has 1 heterocycles. The molecule has 0 radical (unpaired) electrons. The van der Waals surface area contributed by atoms with Gasteiger partial charge in [0.25, 0.3) is 0 Å². The maximum atomic E-state index is 10.1. The lowest BCUT2D eigenvalue weighted by Gasteiger charge is -2.39. The predicted molar refractivity (Wildman–Crippen MR) is 85.3 cm³/mol. The molecule has 1 fully saturated rings. The molecule has 2 rings (SSSR count). The number of rotatable bonds is 5. The van der Waals surface area contributed by atoms with E-state index in [-0.39, 0.29) is 11.5 Å². The number of aryl methyl sites for hydroxylation is 1. The van der Waals surface area contributed by atoms with E-state index < -0.39 is 36.4 Å². The molecule has 128 valence electrons. The topological polar surface area (TPSA) is 123 Å². The van der Waals surface area contributed by atoms with Crippen LogP contribution in [-0.2, 0) is 11.2 Å². The van der Waals surface area contributed by atoms with Crippen molar-refractivity contribution in [2.75, 3.05) is 6.56 Å². The van der Waals surface area contributed by atoms with Crippen molar-refractivity contribution in [3.8, 4) is 0 Å². The number of benzene rings is 1. The monoisotopic (exact) mass is 346 g/mol. The van der Waals surface area contributed by atoms with E-state index in [2.05, 4.69) is 5.16 Å². The Balaban J connectivity index is 2.13. The Hall–Kier alpha value is -1.16. The van der Waals surface area contributed by atoms with Crippen molar-refractivity contribution in [3.05, 3.63) is 35.9 Å². The van der Waals surface area contributed by atoms with Gasteiger partial charge in [-0.25, -0.2) is 0 Å². The minimum atomic E-state index is -3.06. The van der Waals surface area contributed by atoms with Crippen molar-refractivity contribution in [1.29, 1.82) is 0 Å². The summed E-state index contributed by atoms with van der Waals surface area (Å²) in [5, 5.41) is 51.6. The number of hydrogen-bond donors (Lipinski definition) is 5. The Morgan fingerprint density at radius 2 is 1.91 bits per heavy atom. The first-order valence-corrected chi connectivity index (χ1v) is 7.78. The van der Waals surface area contributed by atoms with Gasteiger partial charge in [-0.1, -0.05) is 47.2 Å². The summed E-state index contributed by atoms with van der Waals surface area (Å²) in [6.07, 6.45) is -7.13. The van der Waals surface area contributed by atoms with Gasteiger partial charge in [0.15, 0.2) is 0 Å². The summed E-state index contributed by atoms with van der Waals surface area (Å²) in [7, 11) is 0. The minimum Gasteiger partial charge on any atom is -0.410 e. The van der Waals surface area contributed by atoms with Gasteiger partial charge in [-0.05, 0) is 12.0 Å². The summed E-state index contributed by atoms with van der Waals surface area (Å²) in [5.41, 5.74) is -1.45. The number of aliphatic hydroxyl groups is 4. The van der Waals surface area contributed by atoms with Crippen LogP contribution in [0.25, 0.3) is 0 Å². The Morgan fingerprint density at radius 3 is 2.52 bits per heavy atom. The van der Waals surface area contributed by atoms with Crippen molar-refractivity contribution in [1.82, 2.24) is 0 Å². The third-order valence-corrected chi connectivity index (χ3v) is 4.46. The van der Waals surface area contributed by atoms with E-state index >= 15 is 0 Å². The van der Waals surface area contributed by atoms with Crippen LogP contribution in [0, 0.1) is 0 Å². The van der Waals surface area contributed by atoms with Crippen LogP contribution in [0.1, 0.15) is 16.1 Å². The van der Waals surface area contributed by atoms with E-state index in [0.717, 1.165) is 5.56 Å². The van der Waals surface area contributed by atoms with Crippen molar-refractivity contribution in [3.63, 3.8) is 0 Å². The van der Waals surface area contributed by atoms with Crippen LogP contribution >= 0.6 is 11.8 Å². The molecule has 1 saturated heterocycles. The SMILES string of the molecule is [2H]C([2H])(O)[C@H]1O[C@@]([2H])(S/C(CCc2ccccc2)=N\O)[C@H](O)[C@@H](O)[C@@H]1O. The molecular weight excluding hydrogens is 322 g/mol. The highest BCUT2D eigenvalue weighted by Crippen LogP contribution is 2.30. The first-order chi connectivity index (χ1) is 12.1. The van der Waals surface area contributed by atoms with Gasteiger partial charge in [-0.3, -0.25) is 0 Å².